The number of benzene rings is 3. The number of nitrogens with zero attached hydrogens (tertiary/aromatic N) is 5. The first-order valence-electron chi connectivity index (χ1n) is 25.7. The van der Waals surface area contributed by atoms with Gasteiger partial charge in [0.05, 0.1) is 59.0 Å². The normalized spacial score (nSPS) is 24.9. The number of H-pyrrole nitrogens is 1. The molecule has 3 N–H and O–H groups in total. The van der Waals surface area contributed by atoms with E-state index in [1.165, 1.54) is 11.1 Å². The van der Waals surface area contributed by atoms with Gasteiger partial charge in [0.1, 0.15) is 29.7 Å². The molecule has 0 bridgehead atoms. The van der Waals surface area contributed by atoms with Gasteiger partial charge < -0.3 is 43.8 Å². The lowest BCUT2D eigenvalue weighted by molar-refractivity contribution is -0.384. The summed E-state index contributed by atoms with van der Waals surface area (Å²) in [6, 6.07) is 19.6. The Morgan fingerprint density at radius 1 is 0.918 bits per heavy atom. The number of nitro groups is 1. The second-order valence-electron chi connectivity index (χ2n) is 21.2. The van der Waals surface area contributed by atoms with Crippen LogP contribution in [0.1, 0.15) is 92.2 Å². The number of morpholine rings is 1. The van der Waals surface area contributed by atoms with E-state index in [9.17, 15) is 23.3 Å². The second-order valence-corrected chi connectivity index (χ2v) is 22.9. The summed E-state index contributed by atoms with van der Waals surface area (Å²) < 4.78 is 76.7. The summed E-state index contributed by atoms with van der Waals surface area (Å²) in [5.41, 5.74) is 3.09. The summed E-state index contributed by atoms with van der Waals surface area (Å²) >= 11 is 0. The number of carbonyl (C=O) groups excluding carboxylic acids is 1. The van der Waals surface area contributed by atoms with Crippen LogP contribution in [0, 0.1) is 15.5 Å². The molecule has 1 saturated carbocycles. The number of hydrogen-bond acceptors (Lipinski definition) is 15. The fourth-order valence-electron chi connectivity index (χ4n) is 12.6. The average Bonchev–Trinajstić information content (AvgIpc) is 3.85. The van der Waals surface area contributed by atoms with Crippen molar-refractivity contribution in [2.75, 3.05) is 81.0 Å². The molecule has 12 rings (SSSR count). The number of alkyl halides is 1. The van der Waals surface area contributed by atoms with Gasteiger partial charge in [-0.2, -0.15) is 4.98 Å². The van der Waals surface area contributed by atoms with Crippen LogP contribution in [-0.2, 0) is 24.2 Å². The molecule has 386 valence electrons. The van der Waals surface area contributed by atoms with Crippen LogP contribution in [0.5, 0.6) is 11.6 Å². The van der Waals surface area contributed by atoms with Gasteiger partial charge in [-0.3, -0.25) is 19.8 Å². The molecule has 1 spiro atoms. The van der Waals surface area contributed by atoms with Crippen LogP contribution < -0.4 is 29.3 Å². The quantitative estimate of drug-likeness (QED) is 0.0899. The molecule has 1 aliphatic carbocycles. The summed E-state index contributed by atoms with van der Waals surface area (Å²) in [4.78, 5) is 41.1. The maximum Gasteiger partial charge on any atom is 0.297 e. The number of carbonyl (C=O) groups is 1. The summed E-state index contributed by atoms with van der Waals surface area (Å²) in [5.74, 6) is -0.324. The van der Waals surface area contributed by atoms with Gasteiger partial charge in [-0.15, -0.1) is 0 Å². The number of ether oxygens (including phenoxy) is 5. The molecule has 0 unspecified atom stereocenters. The monoisotopic (exact) mass is 1020 g/mol. The molecule has 8 heterocycles. The lowest BCUT2D eigenvalue weighted by atomic mass is 9.59. The van der Waals surface area contributed by atoms with E-state index in [-0.39, 0.29) is 73.8 Å². The average molecular weight is 1020 g/mol. The SMILES string of the molecule is CC(C)c1ccccc1[C@@H]1COCCN1C1CC2(CCN(c3ccc(C(=O)NS(=O)(=O)c4cc5c(c([N+](=O)[O-])c4)N[C@H](C4(F)CCOCC4)CO5)c(N4c5cc6cc[nH]c6nc5O[C@H]5COCC[C@@H]54)c3)CC2)C1. The molecule has 0 radical (unpaired) electrons. The second kappa shape index (κ2) is 18.7. The molecule has 1 amide bonds. The van der Waals surface area contributed by atoms with Crippen molar-refractivity contribution in [3.05, 3.63) is 99.7 Å². The molecule has 5 aromatic rings. The van der Waals surface area contributed by atoms with Crippen LogP contribution in [0.3, 0.4) is 0 Å². The zero-order chi connectivity index (χ0) is 50.2. The Kier molecular flexibility index (Phi) is 12.3. The largest absolute Gasteiger partial charge is 0.489 e. The van der Waals surface area contributed by atoms with Gasteiger partial charge in [0, 0.05) is 87.7 Å². The van der Waals surface area contributed by atoms with E-state index in [0.29, 0.717) is 54.5 Å². The zero-order valence-electron chi connectivity index (χ0n) is 41.0. The highest BCUT2D eigenvalue weighted by Gasteiger charge is 2.51. The molecule has 5 fully saturated rings. The van der Waals surface area contributed by atoms with Gasteiger partial charge in [0.25, 0.3) is 21.6 Å². The Hall–Kier alpha value is -6.06. The van der Waals surface area contributed by atoms with Crippen molar-refractivity contribution >= 4 is 55.4 Å². The third-order valence-corrected chi connectivity index (χ3v) is 18.0. The number of nitro benzene ring substituents is 1. The van der Waals surface area contributed by atoms with Gasteiger partial charge in [-0.25, -0.2) is 17.5 Å². The van der Waals surface area contributed by atoms with Crippen LogP contribution in [0.2, 0.25) is 0 Å². The topological polar surface area (TPSA) is 203 Å². The molecule has 73 heavy (non-hydrogen) atoms. The van der Waals surface area contributed by atoms with Gasteiger partial charge >= 0.3 is 0 Å². The van der Waals surface area contributed by atoms with Crippen LogP contribution in [0.25, 0.3) is 11.0 Å². The Labute approximate surface area is 423 Å². The number of amides is 1. The Balaban J connectivity index is 0.839. The number of hydrogen-bond donors (Lipinski definition) is 3. The van der Waals surface area contributed by atoms with Crippen molar-refractivity contribution < 1.29 is 46.2 Å². The molecule has 18 nitrogen and oxygen atoms in total. The van der Waals surface area contributed by atoms with Crippen LogP contribution >= 0.6 is 0 Å². The van der Waals surface area contributed by atoms with Gasteiger partial charge in [-0.05, 0) is 84.9 Å². The summed E-state index contributed by atoms with van der Waals surface area (Å²) in [6.45, 7) is 9.35. The van der Waals surface area contributed by atoms with E-state index >= 15 is 4.39 Å². The molecule has 4 saturated heterocycles. The minimum atomic E-state index is -4.78. The predicted octanol–water partition coefficient (Wildman–Crippen LogP) is 7.92. The number of anilines is 4. The van der Waals surface area contributed by atoms with Gasteiger partial charge in [-0.1, -0.05) is 38.1 Å². The van der Waals surface area contributed by atoms with Crippen molar-refractivity contribution in [3.8, 4) is 11.6 Å². The molecule has 3 aromatic carbocycles. The van der Waals surface area contributed by atoms with E-state index in [4.69, 9.17) is 28.7 Å². The molecule has 20 heteroatoms. The standard InChI is InChI=1S/C53H61FN8O10S/c1-32(2)37-5-3-4-6-38(37)44-29-70-22-18-60(44)35-27-52(28-35)11-16-59(17-12-52)34-7-8-39(41(24-34)61-40-10-19-69-30-46(40)72-51-43(61)23-33-9-15-55-49(33)57-51)50(63)58-73(66,67)36-25-42(62(64)65)48-45(26-36)71-31-47(56-48)53(54)13-20-68-21-14-53/h3-9,15,23-26,32,35,40,44,46-47,56H,10-14,16-22,27-31H2,1-2H3,(H,55,57)(H,58,63)/t40-,44-,46-,47-/m0/s1. The first-order valence-corrected chi connectivity index (χ1v) is 27.1. The summed E-state index contributed by atoms with van der Waals surface area (Å²) in [5, 5.41) is 16.3. The fourth-order valence-corrected chi connectivity index (χ4v) is 13.6. The number of pyridine rings is 1. The first kappa shape index (κ1) is 47.9. The van der Waals surface area contributed by atoms with E-state index in [2.05, 4.69) is 62.9 Å². The van der Waals surface area contributed by atoms with E-state index in [1.807, 2.05) is 29.2 Å². The number of fused-ring (bicyclic) bond motifs is 4. The minimum Gasteiger partial charge on any atom is -0.489 e. The number of halogens is 1. The molecular weight excluding hydrogens is 960 g/mol. The number of piperidine rings is 1. The minimum absolute atomic E-state index is 0.0620. The maximum absolute atomic E-state index is 16.0. The number of aromatic nitrogens is 2. The third-order valence-electron chi connectivity index (χ3n) is 16.7. The Morgan fingerprint density at radius 3 is 2.51 bits per heavy atom. The molecule has 2 aromatic heterocycles. The lowest BCUT2D eigenvalue weighted by Crippen LogP contribution is -2.58. The number of sulfonamides is 1. The molecule has 6 aliphatic heterocycles. The fraction of sp³-hybridized carbons (Fsp3) is 0.509. The van der Waals surface area contributed by atoms with Gasteiger partial charge in [0.2, 0.25) is 5.88 Å². The summed E-state index contributed by atoms with van der Waals surface area (Å²) in [6.07, 6.45) is 6.28. The highest BCUT2D eigenvalue weighted by Crippen LogP contribution is 2.54. The highest BCUT2D eigenvalue weighted by molar-refractivity contribution is 7.90. The van der Waals surface area contributed by atoms with E-state index in [0.717, 1.165) is 75.1 Å². The van der Waals surface area contributed by atoms with Crippen molar-refractivity contribution in [3.63, 3.8) is 0 Å². The molecule has 7 aliphatic rings. The number of rotatable bonds is 10. The number of aromatic amines is 1. The Morgan fingerprint density at radius 2 is 1.71 bits per heavy atom. The van der Waals surface area contributed by atoms with Gasteiger partial charge in [0.15, 0.2) is 11.4 Å². The van der Waals surface area contributed by atoms with Crippen molar-refractivity contribution in [2.24, 2.45) is 5.41 Å². The Bertz CT molecular complexity index is 3060. The van der Waals surface area contributed by atoms with Crippen molar-refractivity contribution in [2.45, 2.75) is 106 Å². The van der Waals surface area contributed by atoms with E-state index in [1.54, 1.807) is 12.3 Å². The lowest BCUT2D eigenvalue weighted by Gasteiger charge is -2.57. The van der Waals surface area contributed by atoms with Crippen LogP contribution in [-0.4, -0.2) is 130 Å². The van der Waals surface area contributed by atoms with Crippen LogP contribution in [0.4, 0.5) is 32.8 Å². The predicted molar refractivity (Wildman–Crippen MR) is 271 cm³/mol. The highest BCUT2D eigenvalue weighted by atomic mass is 32.2. The van der Waals surface area contributed by atoms with Crippen molar-refractivity contribution in [1.29, 1.82) is 0 Å². The summed E-state index contributed by atoms with van der Waals surface area (Å²) in [7, 11) is -4.78. The molecular formula is C53H61FN8O10S. The first-order chi connectivity index (χ1) is 35.3. The number of nitrogens with one attached hydrogen (secondary N) is 3. The maximum atomic E-state index is 16.0. The third kappa shape index (κ3) is 8.71. The van der Waals surface area contributed by atoms with Crippen molar-refractivity contribution in [1.82, 2.24) is 19.6 Å². The molecule has 4 atom stereocenters. The van der Waals surface area contributed by atoms with Crippen LogP contribution in [0.15, 0.2) is 77.8 Å². The smallest absolute Gasteiger partial charge is 0.297 e. The zero-order valence-corrected chi connectivity index (χ0v) is 41.8. The van der Waals surface area contributed by atoms with E-state index < -0.39 is 49.3 Å².